The number of aliphatic carboxylic acids is 1. The maximum Gasteiger partial charge on any atom is 0.328 e. The second-order valence-corrected chi connectivity index (χ2v) is 5.68. The molecule has 2 atom stereocenters. The van der Waals surface area contributed by atoms with Gasteiger partial charge in [0.05, 0.1) is 17.8 Å². The first-order chi connectivity index (χ1) is 8.53. The lowest BCUT2D eigenvalue weighted by Gasteiger charge is -2.29. The van der Waals surface area contributed by atoms with Gasteiger partial charge in [0.1, 0.15) is 6.61 Å². The van der Waals surface area contributed by atoms with Gasteiger partial charge in [-0.3, -0.25) is 4.79 Å². The zero-order valence-corrected chi connectivity index (χ0v) is 12.5. The van der Waals surface area contributed by atoms with E-state index in [4.69, 9.17) is 14.6 Å². The lowest BCUT2D eigenvalue weighted by molar-refractivity contribution is -0.151. The molecule has 0 bridgehead atoms. The third-order valence-corrected chi connectivity index (χ3v) is 2.14. The van der Waals surface area contributed by atoms with Crippen LogP contribution in [0.4, 0.5) is 0 Å². The van der Waals surface area contributed by atoms with Crippen molar-refractivity contribution in [1.82, 2.24) is 5.32 Å². The molecule has 0 saturated heterocycles. The summed E-state index contributed by atoms with van der Waals surface area (Å²) in [6.07, 6.45) is -0.724. The first-order valence-corrected chi connectivity index (χ1v) is 6.34. The molecule has 0 saturated carbocycles. The molecule has 0 rings (SSSR count). The van der Waals surface area contributed by atoms with Gasteiger partial charge in [0, 0.05) is 0 Å². The lowest BCUT2D eigenvalue weighted by atomic mass is 10.1. The summed E-state index contributed by atoms with van der Waals surface area (Å²) in [6, 6.07) is -1.09. The van der Waals surface area contributed by atoms with Crippen LogP contribution >= 0.6 is 0 Å². The van der Waals surface area contributed by atoms with Crippen LogP contribution in [0.1, 0.15) is 41.5 Å². The van der Waals surface area contributed by atoms with Crippen LogP contribution in [-0.4, -0.2) is 47.4 Å². The largest absolute Gasteiger partial charge is 0.480 e. The number of hydrogen-bond donors (Lipinski definition) is 2. The standard InChI is InChI=1S/C13H25NO5/c1-8(2)18-7-10(15)14-11(12(16)17)9(3)19-13(4,5)6/h8-9,11H,7H2,1-6H3,(H,14,15)(H,16,17)/t9-,11+/m1/s1. The molecular formula is C13H25NO5. The summed E-state index contributed by atoms with van der Waals surface area (Å²) < 4.78 is 10.7. The van der Waals surface area contributed by atoms with Gasteiger partial charge in [-0.2, -0.15) is 0 Å². The highest BCUT2D eigenvalue weighted by molar-refractivity contribution is 5.84. The maximum absolute atomic E-state index is 11.6. The van der Waals surface area contributed by atoms with Gasteiger partial charge in [-0.05, 0) is 41.5 Å². The molecule has 0 aromatic heterocycles. The van der Waals surface area contributed by atoms with E-state index in [0.29, 0.717) is 0 Å². The normalized spacial score (nSPS) is 15.1. The molecule has 19 heavy (non-hydrogen) atoms. The smallest absolute Gasteiger partial charge is 0.328 e. The molecule has 0 aromatic rings. The minimum atomic E-state index is -1.13. The molecule has 1 amide bonds. The average molecular weight is 275 g/mol. The number of ether oxygens (including phenoxy) is 2. The Kier molecular flexibility index (Phi) is 7.00. The Balaban J connectivity index is 4.49. The van der Waals surface area contributed by atoms with E-state index >= 15 is 0 Å². The van der Waals surface area contributed by atoms with Gasteiger partial charge in [-0.15, -0.1) is 0 Å². The zero-order chi connectivity index (χ0) is 15.2. The van der Waals surface area contributed by atoms with Crippen LogP contribution in [0.5, 0.6) is 0 Å². The Morgan fingerprint density at radius 1 is 1.21 bits per heavy atom. The van der Waals surface area contributed by atoms with Crippen LogP contribution < -0.4 is 5.32 Å². The van der Waals surface area contributed by atoms with Crippen molar-refractivity contribution in [3.05, 3.63) is 0 Å². The van der Waals surface area contributed by atoms with Crippen molar-refractivity contribution in [3.8, 4) is 0 Å². The average Bonchev–Trinajstić information content (AvgIpc) is 2.19. The van der Waals surface area contributed by atoms with Crippen LogP contribution in [-0.2, 0) is 19.1 Å². The van der Waals surface area contributed by atoms with Crippen LogP contribution in [0.15, 0.2) is 0 Å². The molecular weight excluding hydrogens is 250 g/mol. The van der Waals surface area contributed by atoms with Crippen molar-refractivity contribution < 1.29 is 24.2 Å². The fourth-order valence-corrected chi connectivity index (χ4v) is 1.46. The topological polar surface area (TPSA) is 84.9 Å². The number of hydrogen-bond acceptors (Lipinski definition) is 4. The third kappa shape index (κ3) is 8.56. The third-order valence-electron chi connectivity index (χ3n) is 2.14. The molecule has 0 unspecified atom stereocenters. The Bertz CT molecular complexity index is 309. The van der Waals surface area contributed by atoms with Crippen LogP contribution in [0.25, 0.3) is 0 Å². The van der Waals surface area contributed by atoms with E-state index in [1.165, 1.54) is 0 Å². The highest BCUT2D eigenvalue weighted by atomic mass is 16.5. The molecule has 6 nitrogen and oxygen atoms in total. The zero-order valence-electron chi connectivity index (χ0n) is 12.5. The first-order valence-electron chi connectivity index (χ1n) is 6.34. The minimum absolute atomic E-state index is 0.0859. The number of carboxylic acids is 1. The van der Waals surface area contributed by atoms with E-state index in [1.807, 2.05) is 20.8 Å². The molecule has 0 aromatic carbocycles. The molecule has 0 aliphatic rings. The lowest BCUT2D eigenvalue weighted by Crippen LogP contribution is -2.51. The number of carbonyl (C=O) groups excluding carboxylic acids is 1. The predicted molar refractivity (Wildman–Crippen MR) is 71.0 cm³/mol. The molecule has 0 aliphatic carbocycles. The van der Waals surface area contributed by atoms with Crippen LogP contribution in [0, 0.1) is 0 Å². The summed E-state index contributed by atoms with van der Waals surface area (Å²) in [6.45, 7) is 10.5. The van der Waals surface area contributed by atoms with Crippen LogP contribution in [0.3, 0.4) is 0 Å². The molecule has 0 radical (unpaired) electrons. The van der Waals surface area contributed by atoms with Gasteiger partial charge in [-0.25, -0.2) is 4.79 Å². The summed E-state index contributed by atoms with van der Waals surface area (Å²) in [5, 5.41) is 11.5. The van der Waals surface area contributed by atoms with E-state index in [9.17, 15) is 9.59 Å². The predicted octanol–water partition coefficient (Wildman–Crippen LogP) is 1.18. The summed E-state index contributed by atoms with van der Waals surface area (Å²) in [5.74, 6) is -1.60. The monoisotopic (exact) mass is 275 g/mol. The minimum Gasteiger partial charge on any atom is -0.480 e. The molecule has 0 aliphatic heterocycles. The summed E-state index contributed by atoms with van der Waals surface area (Å²) in [4.78, 5) is 22.7. The van der Waals surface area contributed by atoms with Crippen molar-refractivity contribution in [2.45, 2.75) is 65.4 Å². The second-order valence-electron chi connectivity index (χ2n) is 5.68. The SMILES string of the molecule is CC(C)OCC(=O)N[C@H](C(=O)O)[C@@H](C)OC(C)(C)C. The summed E-state index contributed by atoms with van der Waals surface area (Å²) in [7, 11) is 0. The maximum atomic E-state index is 11.6. The van der Waals surface area contributed by atoms with E-state index in [1.54, 1.807) is 20.8 Å². The van der Waals surface area contributed by atoms with Gasteiger partial charge in [-0.1, -0.05) is 0 Å². The Morgan fingerprint density at radius 2 is 1.74 bits per heavy atom. The highest BCUT2D eigenvalue weighted by Crippen LogP contribution is 2.13. The summed E-state index contributed by atoms with van der Waals surface area (Å²) in [5.41, 5.74) is -0.480. The number of nitrogens with one attached hydrogen (secondary N) is 1. The van der Waals surface area contributed by atoms with Crippen molar-refractivity contribution in [1.29, 1.82) is 0 Å². The van der Waals surface area contributed by atoms with Gasteiger partial charge >= 0.3 is 5.97 Å². The molecule has 0 heterocycles. The quantitative estimate of drug-likeness (QED) is 0.729. The van der Waals surface area contributed by atoms with E-state index < -0.39 is 29.6 Å². The number of carboxylic acid groups (broad SMARTS) is 1. The van der Waals surface area contributed by atoms with Crippen molar-refractivity contribution in [2.24, 2.45) is 0 Å². The van der Waals surface area contributed by atoms with Crippen molar-refractivity contribution in [3.63, 3.8) is 0 Å². The fraction of sp³-hybridized carbons (Fsp3) is 0.846. The van der Waals surface area contributed by atoms with Gasteiger partial charge in [0.15, 0.2) is 6.04 Å². The van der Waals surface area contributed by atoms with Crippen molar-refractivity contribution in [2.75, 3.05) is 6.61 Å². The number of rotatable bonds is 7. The molecule has 0 spiro atoms. The van der Waals surface area contributed by atoms with Gasteiger partial charge in [0.25, 0.3) is 0 Å². The summed E-state index contributed by atoms with van der Waals surface area (Å²) >= 11 is 0. The Morgan fingerprint density at radius 3 is 2.11 bits per heavy atom. The van der Waals surface area contributed by atoms with Crippen molar-refractivity contribution >= 4 is 11.9 Å². The number of amides is 1. The van der Waals surface area contributed by atoms with Gasteiger partial charge in [0.2, 0.25) is 5.91 Å². The highest BCUT2D eigenvalue weighted by Gasteiger charge is 2.30. The molecule has 0 fully saturated rings. The molecule has 6 heteroatoms. The van der Waals surface area contributed by atoms with Gasteiger partial charge < -0.3 is 19.9 Å². The second kappa shape index (κ2) is 7.45. The van der Waals surface area contributed by atoms with E-state index in [2.05, 4.69) is 5.32 Å². The molecule has 112 valence electrons. The number of carbonyl (C=O) groups is 2. The molecule has 2 N–H and O–H groups in total. The van der Waals surface area contributed by atoms with E-state index in [-0.39, 0.29) is 12.7 Å². The van der Waals surface area contributed by atoms with Crippen LogP contribution in [0.2, 0.25) is 0 Å². The fourth-order valence-electron chi connectivity index (χ4n) is 1.46. The Labute approximate surface area is 114 Å². The Hall–Kier alpha value is -1.14. The first kappa shape index (κ1) is 17.9. The van der Waals surface area contributed by atoms with E-state index in [0.717, 1.165) is 0 Å².